The molecule has 3 heteroatoms. The van der Waals surface area contributed by atoms with Gasteiger partial charge in [0.15, 0.2) is 5.96 Å². The molecule has 3 unspecified atom stereocenters. The lowest BCUT2D eigenvalue weighted by molar-refractivity contribution is 0.801. The van der Waals surface area contributed by atoms with E-state index in [0.717, 1.165) is 12.1 Å². The smallest absolute Gasteiger partial charge is 0.193 e. The van der Waals surface area contributed by atoms with Crippen molar-refractivity contribution in [3.8, 4) is 0 Å². The Kier molecular flexibility index (Phi) is 2.74. The average molecular weight is 277 g/mol. The Morgan fingerprint density at radius 1 is 1.14 bits per heavy atom. The lowest BCUT2D eigenvalue weighted by Gasteiger charge is -2.08. The standard InChI is InChI=1S/C18H19N3/c1-11-6-8-13(9-7-11)20-18(19)21-17-15-10-12-4-2-3-5-14(12)16(15)17/h2-9,15-17H,10H2,1H3,(H3,19,20,21). The molecule has 2 aromatic rings. The van der Waals surface area contributed by atoms with Crippen LogP contribution in [0.5, 0.6) is 0 Å². The van der Waals surface area contributed by atoms with Crippen LogP contribution in [0.4, 0.5) is 5.69 Å². The van der Waals surface area contributed by atoms with Crippen molar-refractivity contribution in [3.63, 3.8) is 0 Å². The molecule has 106 valence electrons. The summed E-state index contributed by atoms with van der Waals surface area (Å²) in [6.07, 6.45) is 1.15. The molecule has 0 radical (unpaired) electrons. The van der Waals surface area contributed by atoms with E-state index in [1.807, 2.05) is 12.1 Å². The van der Waals surface area contributed by atoms with E-state index in [1.54, 1.807) is 0 Å². The predicted octanol–water partition coefficient (Wildman–Crippen LogP) is 3.06. The van der Waals surface area contributed by atoms with Gasteiger partial charge in [-0.15, -0.1) is 0 Å². The van der Waals surface area contributed by atoms with E-state index in [-0.39, 0.29) is 0 Å². The summed E-state index contributed by atoms with van der Waals surface area (Å²) in [4.78, 5) is 4.67. The van der Waals surface area contributed by atoms with Crippen molar-refractivity contribution < 1.29 is 0 Å². The Bertz CT molecular complexity index is 703. The molecule has 2 aliphatic rings. The van der Waals surface area contributed by atoms with Crippen LogP contribution in [0.25, 0.3) is 0 Å². The highest BCUT2D eigenvalue weighted by Gasteiger charge is 2.55. The van der Waals surface area contributed by atoms with Crippen molar-refractivity contribution in [3.05, 3.63) is 65.2 Å². The van der Waals surface area contributed by atoms with Gasteiger partial charge in [-0.1, -0.05) is 42.0 Å². The fraction of sp³-hybridized carbons (Fsp3) is 0.278. The highest BCUT2D eigenvalue weighted by molar-refractivity contribution is 5.92. The first-order valence-electron chi connectivity index (χ1n) is 7.47. The third kappa shape index (κ3) is 2.19. The first-order valence-corrected chi connectivity index (χ1v) is 7.47. The van der Waals surface area contributed by atoms with Crippen LogP contribution in [0.3, 0.4) is 0 Å². The summed E-state index contributed by atoms with van der Waals surface area (Å²) in [5.74, 6) is 1.76. The van der Waals surface area contributed by atoms with Gasteiger partial charge in [0.25, 0.3) is 0 Å². The Balaban J connectivity index is 1.47. The maximum Gasteiger partial charge on any atom is 0.193 e. The normalized spacial score (nSPS) is 26.1. The van der Waals surface area contributed by atoms with E-state index < -0.39 is 0 Å². The third-order valence-corrected chi connectivity index (χ3v) is 4.61. The molecule has 21 heavy (non-hydrogen) atoms. The van der Waals surface area contributed by atoms with Crippen molar-refractivity contribution in [2.75, 3.05) is 5.32 Å². The molecule has 2 aliphatic carbocycles. The molecule has 0 amide bonds. The van der Waals surface area contributed by atoms with Gasteiger partial charge in [0.1, 0.15) is 0 Å². The van der Waals surface area contributed by atoms with Crippen molar-refractivity contribution in [2.24, 2.45) is 16.6 Å². The van der Waals surface area contributed by atoms with Crippen molar-refractivity contribution in [2.45, 2.75) is 25.3 Å². The molecule has 0 bridgehead atoms. The number of nitrogens with one attached hydrogen (secondary N) is 1. The van der Waals surface area contributed by atoms with Crippen LogP contribution in [0, 0.1) is 12.8 Å². The zero-order valence-corrected chi connectivity index (χ0v) is 12.1. The van der Waals surface area contributed by atoms with Crippen LogP contribution in [0.15, 0.2) is 53.5 Å². The molecule has 0 heterocycles. The number of nitrogens with two attached hydrogens (primary N) is 1. The summed E-state index contributed by atoms with van der Waals surface area (Å²) in [6.45, 7) is 2.07. The molecular formula is C18H19N3. The maximum absolute atomic E-state index is 6.05. The van der Waals surface area contributed by atoms with Crippen LogP contribution < -0.4 is 11.1 Å². The van der Waals surface area contributed by atoms with Crippen LogP contribution in [-0.2, 0) is 6.42 Å². The molecule has 0 saturated heterocycles. The van der Waals surface area contributed by atoms with Crippen LogP contribution in [0.2, 0.25) is 0 Å². The first-order chi connectivity index (χ1) is 10.2. The Hall–Kier alpha value is -2.29. The van der Waals surface area contributed by atoms with Gasteiger partial charge in [0, 0.05) is 11.6 Å². The van der Waals surface area contributed by atoms with Gasteiger partial charge in [-0.25, -0.2) is 4.99 Å². The number of fused-ring (bicyclic) bond motifs is 3. The van der Waals surface area contributed by atoms with Crippen molar-refractivity contribution in [1.29, 1.82) is 0 Å². The molecule has 1 saturated carbocycles. The van der Waals surface area contributed by atoms with E-state index in [1.165, 1.54) is 16.7 Å². The topological polar surface area (TPSA) is 50.4 Å². The number of anilines is 1. The molecular weight excluding hydrogens is 258 g/mol. The SMILES string of the molecule is Cc1ccc(NC(N)=NC2C3Cc4ccccc4C32)cc1. The molecule has 2 aromatic carbocycles. The lowest BCUT2D eigenvalue weighted by atomic mass is 10.1. The minimum absolute atomic E-state index is 0.359. The molecule has 0 aromatic heterocycles. The monoisotopic (exact) mass is 277 g/mol. The molecule has 0 aliphatic heterocycles. The lowest BCUT2D eigenvalue weighted by Crippen LogP contribution is -2.23. The second-order valence-electron chi connectivity index (χ2n) is 6.09. The second kappa shape index (κ2) is 4.62. The fourth-order valence-corrected chi connectivity index (χ4v) is 3.47. The Morgan fingerprint density at radius 2 is 1.90 bits per heavy atom. The van der Waals surface area contributed by atoms with Gasteiger partial charge < -0.3 is 11.1 Å². The number of nitrogens with zero attached hydrogens (tertiary/aromatic N) is 1. The van der Waals surface area contributed by atoms with Crippen LogP contribution >= 0.6 is 0 Å². The van der Waals surface area contributed by atoms with Crippen molar-refractivity contribution in [1.82, 2.24) is 0 Å². The summed E-state index contributed by atoms with van der Waals surface area (Å²) in [6, 6.07) is 17.3. The summed E-state index contributed by atoms with van der Waals surface area (Å²) in [5.41, 5.74) is 11.2. The van der Waals surface area contributed by atoms with Gasteiger partial charge in [-0.2, -0.15) is 0 Å². The maximum atomic E-state index is 6.05. The fourth-order valence-electron chi connectivity index (χ4n) is 3.47. The van der Waals surface area contributed by atoms with E-state index in [0.29, 0.717) is 23.8 Å². The zero-order chi connectivity index (χ0) is 14.4. The highest BCUT2D eigenvalue weighted by Crippen LogP contribution is 2.58. The number of aliphatic imine (C=N–C) groups is 1. The second-order valence-corrected chi connectivity index (χ2v) is 6.09. The molecule has 3 nitrogen and oxygen atoms in total. The Labute approximate surface area is 124 Å². The predicted molar refractivity (Wildman–Crippen MR) is 86.6 cm³/mol. The highest BCUT2D eigenvalue weighted by atomic mass is 15.1. The molecule has 3 atom stereocenters. The summed E-state index contributed by atoms with van der Waals surface area (Å²) >= 11 is 0. The number of hydrogen-bond donors (Lipinski definition) is 2. The number of rotatable bonds is 2. The first kappa shape index (κ1) is 12.5. The van der Waals surface area contributed by atoms with Crippen LogP contribution in [-0.4, -0.2) is 12.0 Å². The largest absolute Gasteiger partial charge is 0.370 e. The molecule has 3 N–H and O–H groups in total. The van der Waals surface area contributed by atoms with E-state index in [9.17, 15) is 0 Å². The van der Waals surface area contributed by atoms with Crippen LogP contribution in [0.1, 0.15) is 22.6 Å². The third-order valence-electron chi connectivity index (χ3n) is 4.61. The van der Waals surface area contributed by atoms with Gasteiger partial charge >= 0.3 is 0 Å². The van der Waals surface area contributed by atoms with Gasteiger partial charge in [0.2, 0.25) is 0 Å². The molecule has 0 spiro atoms. The minimum Gasteiger partial charge on any atom is -0.370 e. The number of aryl methyl sites for hydroxylation is 1. The van der Waals surface area contributed by atoms with Crippen molar-refractivity contribution >= 4 is 11.6 Å². The number of benzene rings is 2. The number of guanidine groups is 1. The molecule has 1 fully saturated rings. The summed E-state index contributed by atoms with van der Waals surface area (Å²) in [5, 5.41) is 3.18. The van der Waals surface area contributed by atoms with Gasteiger partial charge in [-0.3, -0.25) is 0 Å². The number of hydrogen-bond acceptors (Lipinski definition) is 1. The summed E-state index contributed by atoms with van der Waals surface area (Å²) in [7, 11) is 0. The van der Waals surface area contributed by atoms with Gasteiger partial charge in [-0.05, 0) is 42.5 Å². The summed E-state index contributed by atoms with van der Waals surface area (Å²) < 4.78 is 0. The van der Waals surface area contributed by atoms with E-state index >= 15 is 0 Å². The zero-order valence-electron chi connectivity index (χ0n) is 12.1. The van der Waals surface area contributed by atoms with E-state index in [2.05, 4.69) is 53.6 Å². The van der Waals surface area contributed by atoms with Gasteiger partial charge in [0.05, 0.1) is 6.04 Å². The van der Waals surface area contributed by atoms with E-state index in [4.69, 9.17) is 5.73 Å². The Morgan fingerprint density at radius 3 is 2.71 bits per heavy atom. The quantitative estimate of drug-likeness (QED) is 0.655. The average Bonchev–Trinajstić information content (AvgIpc) is 2.99. The molecule has 4 rings (SSSR count). The minimum atomic E-state index is 0.359.